The van der Waals surface area contributed by atoms with Crippen LogP contribution in [0.25, 0.3) is 10.7 Å². The summed E-state index contributed by atoms with van der Waals surface area (Å²) in [5, 5.41) is 11.9. The molecule has 152 valence electrons. The summed E-state index contributed by atoms with van der Waals surface area (Å²) in [7, 11) is -0.942. The van der Waals surface area contributed by atoms with Gasteiger partial charge >= 0.3 is 0 Å². The Morgan fingerprint density at radius 1 is 1.10 bits per heavy atom. The summed E-state index contributed by atoms with van der Waals surface area (Å²) in [6, 6.07) is 10.1. The average Bonchev–Trinajstić information content (AvgIpc) is 3.36. The number of likely N-dealkylation sites (tertiary alicyclic amines) is 1. The zero-order chi connectivity index (χ0) is 19.8. The molecule has 5 nitrogen and oxygen atoms in total. The Hall–Kier alpha value is -1.54. The maximum atomic E-state index is 12.5. The number of hydrogen-bond donors (Lipinski definition) is 0. The second-order valence-electron chi connectivity index (χ2n) is 7.69. The molecule has 1 fully saturated rings. The van der Waals surface area contributed by atoms with Crippen molar-refractivity contribution in [1.29, 1.82) is 0 Å². The summed E-state index contributed by atoms with van der Waals surface area (Å²) < 4.78 is 14.7. The van der Waals surface area contributed by atoms with E-state index in [1.807, 2.05) is 23.6 Å². The van der Waals surface area contributed by atoms with Crippen molar-refractivity contribution < 1.29 is 4.21 Å². The van der Waals surface area contributed by atoms with E-state index in [0.717, 1.165) is 71.9 Å². The first kappa shape index (κ1) is 19.4. The van der Waals surface area contributed by atoms with Crippen LogP contribution in [0.4, 0.5) is 0 Å². The number of rotatable bonds is 4. The van der Waals surface area contributed by atoms with E-state index in [-0.39, 0.29) is 0 Å². The summed E-state index contributed by atoms with van der Waals surface area (Å²) >= 11 is 7.59. The first-order valence-electron chi connectivity index (χ1n) is 10.0. The van der Waals surface area contributed by atoms with Crippen molar-refractivity contribution in [1.82, 2.24) is 19.7 Å². The maximum Gasteiger partial charge on any atom is 0.175 e. The summed E-state index contributed by atoms with van der Waals surface area (Å²) in [6.45, 7) is 3.97. The molecule has 4 heterocycles. The molecule has 1 saturated heterocycles. The van der Waals surface area contributed by atoms with Crippen LogP contribution in [-0.2, 0) is 23.8 Å². The van der Waals surface area contributed by atoms with Crippen molar-refractivity contribution in [2.45, 2.75) is 36.6 Å². The third-order valence-electron chi connectivity index (χ3n) is 5.94. The van der Waals surface area contributed by atoms with Crippen LogP contribution in [-0.4, -0.2) is 49.3 Å². The maximum absolute atomic E-state index is 12.5. The molecule has 2 aliphatic heterocycles. The van der Waals surface area contributed by atoms with E-state index in [9.17, 15) is 4.21 Å². The van der Waals surface area contributed by atoms with Crippen molar-refractivity contribution in [3.63, 3.8) is 0 Å². The van der Waals surface area contributed by atoms with Crippen molar-refractivity contribution in [2.24, 2.45) is 0 Å². The molecule has 0 bridgehead atoms. The van der Waals surface area contributed by atoms with Crippen LogP contribution < -0.4 is 0 Å². The van der Waals surface area contributed by atoms with Crippen LogP contribution in [0.5, 0.6) is 0 Å². The second-order valence-corrected chi connectivity index (χ2v) is 10.6. The fraction of sp³-hybridized carbons (Fsp3) is 0.429. The van der Waals surface area contributed by atoms with Gasteiger partial charge in [0, 0.05) is 29.8 Å². The minimum atomic E-state index is -0.942. The monoisotopic (exact) mass is 446 g/mol. The van der Waals surface area contributed by atoms with Gasteiger partial charge in [0.25, 0.3) is 0 Å². The molecule has 1 atom stereocenters. The summed E-state index contributed by atoms with van der Waals surface area (Å²) in [5.74, 6) is 3.05. The normalized spacial score (nSPS) is 20.2. The molecular formula is C21H23ClN4OS2. The van der Waals surface area contributed by atoms with Gasteiger partial charge in [-0.25, -0.2) is 0 Å². The molecule has 2 aliphatic rings. The standard InChI is InChI=1S/C21H23ClN4OS2/c22-17-3-1-15(2-4-17)5-9-25-10-6-16(7-11-25)20-23-24-21-19-18(8-13-28-19)29(27)14-12-26(20)21/h1-4,8,13,16H,5-7,9-12,14H2. The Morgan fingerprint density at radius 3 is 2.69 bits per heavy atom. The smallest absolute Gasteiger partial charge is 0.175 e. The van der Waals surface area contributed by atoms with Gasteiger partial charge in [0.05, 0.1) is 20.6 Å². The molecule has 0 amide bonds. The van der Waals surface area contributed by atoms with Crippen molar-refractivity contribution >= 4 is 33.7 Å². The lowest BCUT2D eigenvalue weighted by molar-refractivity contribution is 0.210. The number of benzene rings is 1. The van der Waals surface area contributed by atoms with E-state index in [1.54, 1.807) is 11.3 Å². The van der Waals surface area contributed by atoms with E-state index in [1.165, 1.54) is 5.56 Å². The van der Waals surface area contributed by atoms with Gasteiger partial charge in [0.2, 0.25) is 0 Å². The number of halogens is 1. The Kier molecular flexibility index (Phi) is 5.56. The minimum Gasteiger partial charge on any atom is -0.309 e. The van der Waals surface area contributed by atoms with Gasteiger partial charge in [0.1, 0.15) is 5.82 Å². The molecule has 0 saturated carbocycles. The highest BCUT2D eigenvalue weighted by atomic mass is 35.5. The molecule has 5 rings (SSSR count). The lowest BCUT2D eigenvalue weighted by Crippen LogP contribution is -2.35. The molecule has 0 aliphatic carbocycles. The van der Waals surface area contributed by atoms with Crippen LogP contribution in [0.2, 0.25) is 5.02 Å². The fourth-order valence-corrected chi connectivity index (χ4v) is 6.78. The molecule has 0 N–H and O–H groups in total. The zero-order valence-corrected chi connectivity index (χ0v) is 18.5. The summed E-state index contributed by atoms with van der Waals surface area (Å²) in [6.07, 6.45) is 3.24. The number of hydrogen-bond acceptors (Lipinski definition) is 5. The topological polar surface area (TPSA) is 51.0 Å². The second kappa shape index (κ2) is 8.30. The van der Waals surface area contributed by atoms with Gasteiger partial charge in [0.15, 0.2) is 5.82 Å². The van der Waals surface area contributed by atoms with Crippen molar-refractivity contribution in [3.8, 4) is 10.7 Å². The predicted molar refractivity (Wildman–Crippen MR) is 118 cm³/mol. The molecule has 2 aromatic heterocycles. The largest absolute Gasteiger partial charge is 0.309 e. The predicted octanol–water partition coefficient (Wildman–Crippen LogP) is 4.20. The first-order chi connectivity index (χ1) is 14.2. The first-order valence-corrected chi connectivity index (χ1v) is 12.6. The van der Waals surface area contributed by atoms with Gasteiger partial charge in [-0.15, -0.1) is 21.5 Å². The highest BCUT2D eigenvalue weighted by molar-refractivity contribution is 7.85. The van der Waals surface area contributed by atoms with Gasteiger partial charge in [-0.1, -0.05) is 23.7 Å². The summed E-state index contributed by atoms with van der Waals surface area (Å²) in [4.78, 5) is 4.49. The van der Waals surface area contributed by atoms with Gasteiger partial charge in [-0.3, -0.25) is 4.21 Å². The van der Waals surface area contributed by atoms with Crippen LogP contribution in [0.1, 0.15) is 30.1 Å². The number of thiophene rings is 1. The van der Waals surface area contributed by atoms with Crippen LogP contribution in [0.15, 0.2) is 40.6 Å². The van der Waals surface area contributed by atoms with E-state index in [0.29, 0.717) is 11.7 Å². The number of nitrogens with zero attached hydrogens (tertiary/aromatic N) is 4. The third-order valence-corrected chi connectivity index (χ3v) is 8.62. The van der Waals surface area contributed by atoms with Crippen LogP contribution >= 0.6 is 22.9 Å². The fourth-order valence-electron chi connectivity index (χ4n) is 4.28. The van der Waals surface area contributed by atoms with E-state index < -0.39 is 10.8 Å². The number of aromatic nitrogens is 3. The highest BCUT2D eigenvalue weighted by Gasteiger charge is 2.29. The Balaban J connectivity index is 1.24. The lowest BCUT2D eigenvalue weighted by Gasteiger charge is -2.31. The van der Waals surface area contributed by atoms with Crippen molar-refractivity contribution in [3.05, 3.63) is 52.1 Å². The number of fused-ring (bicyclic) bond motifs is 3. The Labute approximate surface area is 182 Å². The molecular weight excluding hydrogens is 424 g/mol. The average molecular weight is 447 g/mol. The molecule has 29 heavy (non-hydrogen) atoms. The highest BCUT2D eigenvalue weighted by Crippen LogP contribution is 2.36. The van der Waals surface area contributed by atoms with Gasteiger partial charge < -0.3 is 9.47 Å². The quantitative estimate of drug-likeness (QED) is 0.602. The van der Waals surface area contributed by atoms with Crippen LogP contribution in [0, 0.1) is 0 Å². The van der Waals surface area contributed by atoms with E-state index in [4.69, 9.17) is 11.6 Å². The van der Waals surface area contributed by atoms with Crippen molar-refractivity contribution in [2.75, 3.05) is 25.4 Å². The molecule has 1 aromatic carbocycles. The Bertz CT molecular complexity index is 1020. The van der Waals surface area contributed by atoms with E-state index in [2.05, 4.69) is 31.8 Å². The number of piperidine rings is 1. The molecule has 0 radical (unpaired) electrons. The third kappa shape index (κ3) is 3.93. The molecule has 0 spiro atoms. The van der Waals surface area contributed by atoms with E-state index >= 15 is 0 Å². The minimum absolute atomic E-state index is 0.429. The molecule has 1 unspecified atom stereocenters. The summed E-state index contributed by atoms with van der Waals surface area (Å²) in [5.41, 5.74) is 1.33. The zero-order valence-electron chi connectivity index (χ0n) is 16.1. The van der Waals surface area contributed by atoms with Crippen LogP contribution in [0.3, 0.4) is 0 Å². The lowest BCUT2D eigenvalue weighted by atomic mass is 9.95. The Morgan fingerprint density at radius 2 is 1.90 bits per heavy atom. The van der Waals surface area contributed by atoms with Gasteiger partial charge in [-0.2, -0.15) is 0 Å². The molecule has 8 heteroatoms. The SMILES string of the molecule is O=S1CCn2c(nnc2C2CCN(CCc3ccc(Cl)cc3)CC2)-c2sccc21. The van der Waals surface area contributed by atoms with Gasteiger partial charge in [-0.05, 0) is 61.5 Å². The molecule has 3 aromatic rings.